The van der Waals surface area contributed by atoms with Crippen molar-refractivity contribution in [3.05, 3.63) is 34.1 Å². The predicted octanol–water partition coefficient (Wildman–Crippen LogP) is 4.04. The fraction of sp³-hybridized carbons (Fsp3) is 0.647. The topological polar surface area (TPSA) is 15.3 Å². The van der Waals surface area contributed by atoms with Gasteiger partial charge in [0.05, 0.1) is 0 Å². The molecular weight excluding hydrogens is 331 g/mol. The van der Waals surface area contributed by atoms with Crippen LogP contribution in [0.25, 0.3) is 0 Å². The number of hydrogen-bond donors (Lipinski definition) is 1. The second-order valence-electron chi connectivity index (χ2n) is 6.74. The Morgan fingerprint density at radius 3 is 2.57 bits per heavy atom. The molecule has 1 heterocycles. The summed E-state index contributed by atoms with van der Waals surface area (Å²) >= 11 is 3.32. The number of piperazine rings is 1. The highest BCUT2D eigenvalue weighted by atomic mass is 79.9. The van der Waals surface area contributed by atoms with Crippen LogP contribution in [0, 0.1) is 17.7 Å². The fourth-order valence-corrected chi connectivity index (χ4v) is 3.34. The molecule has 1 aromatic rings. The Labute approximate surface area is 136 Å². The first-order valence-corrected chi connectivity index (χ1v) is 8.59. The summed E-state index contributed by atoms with van der Waals surface area (Å²) in [5.41, 5.74) is 0.785. The third-order valence-corrected chi connectivity index (χ3v) is 4.95. The van der Waals surface area contributed by atoms with Crippen molar-refractivity contribution in [3.63, 3.8) is 0 Å². The third-order valence-electron chi connectivity index (χ3n) is 4.45. The Hall–Kier alpha value is -0.450. The van der Waals surface area contributed by atoms with Crippen molar-refractivity contribution in [1.82, 2.24) is 10.2 Å². The maximum Gasteiger partial charge on any atom is 0.128 e. The van der Waals surface area contributed by atoms with Crippen molar-refractivity contribution < 1.29 is 4.39 Å². The van der Waals surface area contributed by atoms with Gasteiger partial charge in [0.1, 0.15) is 5.82 Å². The number of halogens is 2. The Balaban J connectivity index is 2.15. The summed E-state index contributed by atoms with van der Waals surface area (Å²) in [4.78, 5) is 2.44. The molecule has 1 fully saturated rings. The second kappa shape index (κ2) is 7.21. The van der Waals surface area contributed by atoms with E-state index in [1.54, 1.807) is 6.07 Å². The van der Waals surface area contributed by atoms with Crippen LogP contribution in [0.2, 0.25) is 0 Å². The lowest BCUT2D eigenvalue weighted by atomic mass is 9.93. The van der Waals surface area contributed by atoms with Crippen LogP contribution in [0.5, 0.6) is 0 Å². The van der Waals surface area contributed by atoms with Gasteiger partial charge in [-0.1, -0.05) is 49.7 Å². The van der Waals surface area contributed by atoms with Crippen LogP contribution < -0.4 is 5.32 Å². The van der Waals surface area contributed by atoms with Gasteiger partial charge in [-0.3, -0.25) is 4.90 Å². The van der Waals surface area contributed by atoms with E-state index in [4.69, 9.17) is 0 Å². The normalized spacial score (nSPS) is 24.0. The number of nitrogens with one attached hydrogen (secondary N) is 1. The largest absolute Gasteiger partial charge is 0.311 e. The highest BCUT2D eigenvalue weighted by molar-refractivity contribution is 9.10. The van der Waals surface area contributed by atoms with Gasteiger partial charge in [-0.15, -0.1) is 0 Å². The van der Waals surface area contributed by atoms with E-state index in [0.29, 0.717) is 30.5 Å². The van der Waals surface area contributed by atoms with E-state index in [1.165, 1.54) is 0 Å². The molecule has 2 unspecified atom stereocenters. The zero-order valence-electron chi connectivity index (χ0n) is 13.4. The highest BCUT2D eigenvalue weighted by Gasteiger charge is 2.31. The van der Waals surface area contributed by atoms with Gasteiger partial charge in [-0.25, -0.2) is 4.39 Å². The van der Waals surface area contributed by atoms with Gasteiger partial charge >= 0.3 is 0 Å². The van der Waals surface area contributed by atoms with Crippen molar-refractivity contribution in [2.75, 3.05) is 13.1 Å². The average molecular weight is 357 g/mol. The molecule has 1 aromatic carbocycles. The monoisotopic (exact) mass is 356 g/mol. The number of benzene rings is 1. The molecule has 0 amide bonds. The second-order valence-corrected chi connectivity index (χ2v) is 7.65. The van der Waals surface area contributed by atoms with Crippen LogP contribution in [0.15, 0.2) is 22.7 Å². The van der Waals surface area contributed by atoms with Crippen molar-refractivity contribution in [1.29, 1.82) is 0 Å². The van der Waals surface area contributed by atoms with Crippen molar-refractivity contribution in [2.45, 2.75) is 46.3 Å². The Morgan fingerprint density at radius 2 is 2.00 bits per heavy atom. The lowest BCUT2D eigenvalue weighted by Crippen LogP contribution is -2.59. The smallest absolute Gasteiger partial charge is 0.128 e. The van der Waals surface area contributed by atoms with Crippen LogP contribution in [0.4, 0.5) is 4.39 Å². The van der Waals surface area contributed by atoms with Crippen molar-refractivity contribution in [2.24, 2.45) is 11.8 Å². The molecule has 2 atom stereocenters. The first-order valence-electron chi connectivity index (χ1n) is 7.79. The maximum atomic E-state index is 14.1. The molecule has 0 aromatic heterocycles. The van der Waals surface area contributed by atoms with Crippen molar-refractivity contribution in [3.8, 4) is 0 Å². The van der Waals surface area contributed by atoms with Gasteiger partial charge in [0.2, 0.25) is 0 Å². The summed E-state index contributed by atoms with van der Waals surface area (Å²) in [6.07, 6.45) is 0. The number of rotatable bonds is 4. The molecule has 0 spiro atoms. The molecule has 118 valence electrons. The molecule has 0 aliphatic carbocycles. The molecule has 1 saturated heterocycles. The first-order chi connectivity index (χ1) is 9.88. The molecular formula is C17H26BrFN2. The molecule has 0 radical (unpaired) electrons. The van der Waals surface area contributed by atoms with E-state index in [0.717, 1.165) is 23.1 Å². The van der Waals surface area contributed by atoms with Crippen molar-refractivity contribution >= 4 is 15.9 Å². The van der Waals surface area contributed by atoms with Crippen LogP contribution in [-0.4, -0.2) is 30.1 Å². The SMILES string of the molecule is CC(C)C1CN(Cc2ccc(Br)cc2F)C(C(C)C)CN1. The van der Waals surface area contributed by atoms with Gasteiger partial charge in [-0.05, 0) is 24.0 Å². The van der Waals surface area contributed by atoms with Gasteiger partial charge in [0.15, 0.2) is 0 Å². The molecule has 1 aliphatic heterocycles. The molecule has 2 nitrogen and oxygen atoms in total. The predicted molar refractivity (Wildman–Crippen MR) is 89.8 cm³/mol. The van der Waals surface area contributed by atoms with Crippen LogP contribution in [0.1, 0.15) is 33.3 Å². The van der Waals surface area contributed by atoms with Gasteiger partial charge in [0.25, 0.3) is 0 Å². The van der Waals surface area contributed by atoms with E-state index in [9.17, 15) is 4.39 Å². The number of nitrogens with zero attached hydrogens (tertiary/aromatic N) is 1. The summed E-state index contributed by atoms with van der Waals surface area (Å²) in [5.74, 6) is 1.03. The average Bonchev–Trinajstić information content (AvgIpc) is 2.41. The minimum Gasteiger partial charge on any atom is -0.311 e. The summed E-state index contributed by atoms with van der Waals surface area (Å²) < 4.78 is 14.9. The van der Waals surface area contributed by atoms with E-state index in [1.807, 2.05) is 12.1 Å². The summed E-state index contributed by atoms with van der Waals surface area (Å²) in [6.45, 7) is 11.6. The zero-order chi connectivity index (χ0) is 15.6. The summed E-state index contributed by atoms with van der Waals surface area (Å²) in [6, 6.07) is 6.32. The van der Waals surface area contributed by atoms with E-state index < -0.39 is 0 Å². The molecule has 2 rings (SSSR count). The van der Waals surface area contributed by atoms with E-state index in [2.05, 4.69) is 53.8 Å². The van der Waals surface area contributed by atoms with Gasteiger partial charge in [-0.2, -0.15) is 0 Å². The number of hydrogen-bond acceptors (Lipinski definition) is 2. The molecule has 0 bridgehead atoms. The highest BCUT2D eigenvalue weighted by Crippen LogP contribution is 2.23. The van der Waals surface area contributed by atoms with Gasteiger partial charge < -0.3 is 5.32 Å². The minimum absolute atomic E-state index is 0.119. The van der Waals surface area contributed by atoms with Crippen LogP contribution >= 0.6 is 15.9 Å². The summed E-state index contributed by atoms with van der Waals surface area (Å²) in [5, 5.41) is 3.65. The Morgan fingerprint density at radius 1 is 1.29 bits per heavy atom. The zero-order valence-corrected chi connectivity index (χ0v) is 15.0. The quantitative estimate of drug-likeness (QED) is 0.875. The maximum absolute atomic E-state index is 14.1. The Bertz CT molecular complexity index is 476. The molecule has 1 N–H and O–H groups in total. The van der Waals surface area contributed by atoms with Gasteiger partial charge in [0, 0.05) is 41.8 Å². The fourth-order valence-electron chi connectivity index (χ4n) is 3.01. The minimum atomic E-state index is -0.119. The first kappa shape index (κ1) is 16.9. The molecule has 1 aliphatic rings. The van der Waals surface area contributed by atoms with E-state index in [-0.39, 0.29) is 5.82 Å². The third kappa shape index (κ3) is 4.27. The van der Waals surface area contributed by atoms with Crippen LogP contribution in [0.3, 0.4) is 0 Å². The molecule has 21 heavy (non-hydrogen) atoms. The molecule has 0 saturated carbocycles. The Kier molecular flexibility index (Phi) is 5.81. The summed E-state index contributed by atoms with van der Waals surface area (Å²) in [7, 11) is 0. The lowest BCUT2D eigenvalue weighted by molar-refractivity contribution is 0.0773. The standard InChI is InChI=1S/C17H26BrFN2/c1-11(2)16-10-21(17(8-20-16)12(3)4)9-13-5-6-14(18)7-15(13)19/h5-7,11-12,16-17,20H,8-10H2,1-4H3. The van der Waals surface area contributed by atoms with E-state index >= 15 is 0 Å². The molecule has 4 heteroatoms. The lowest BCUT2D eigenvalue weighted by Gasteiger charge is -2.43. The van der Waals surface area contributed by atoms with Crippen LogP contribution in [-0.2, 0) is 6.54 Å².